The van der Waals surface area contributed by atoms with Crippen molar-refractivity contribution >= 4 is 22.6 Å². The van der Waals surface area contributed by atoms with Gasteiger partial charge in [-0.2, -0.15) is 5.10 Å². The van der Waals surface area contributed by atoms with Crippen molar-refractivity contribution in [2.45, 2.75) is 33.1 Å². The summed E-state index contributed by atoms with van der Waals surface area (Å²) in [5, 5.41) is 8.50. The summed E-state index contributed by atoms with van der Waals surface area (Å²) in [6.07, 6.45) is 4.49. The van der Waals surface area contributed by atoms with Crippen LogP contribution in [0.4, 0.5) is 5.69 Å². The molecule has 0 aliphatic heterocycles. The minimum absolute atomic E-state index is 0.00704. The van der Waals surface area contributed by atoms with Crippen molar-refractivity contribution in [2.24, 2.45) is 0 Å². The van der Waals surface area contributed by atoms with Gasteiger partial charge in [-0.3, -0.25) is 4.79 Å². The maximum atomic E-state index is 12.3. The second kappa shape index (κ2) is 8.77. The van der Waals surface area contributed by atoms with E-state index in [0.29, 0.717) is 12.1 Å². The van der Waals surface area contributed by atoms with Gasteiger partial charge in [-0.25, -0.2) is 9.67 Å². The van der Waals surface area contributed by atoms with Crippen molar-refractivity contribution in [2.75, 3.05) is 25.5 Å². The summed E-state index contributed by atoms with van der Waals surface area (Å²) in [5.74, 6) is 0.00704. The number of carbonyl (C=O) groups excluding carboxylic acids is 1. The normalized spacial score (nSPS) is 11.3. The zero-order chi connectivity index (χ0) is 19.2. The third-order valence-electron chi connectivity index (χ3n) is 4.61. The van der Waals surface area contributed by atoms with Crippen LogP contribution in [0.1, 0.15) is 31.9 Å². The summed E-state index contributed by atoms with van der Waals surface area (Å²) < 4.78 is 1.83. The molecule has 3 aromatic rings. The van der Waals surface area contributed by atoms with Gasteiger partial charge in [-0.05, 0) is 45.1 Å². The Morgan fingerprint density at radius 3 is 2.74 bits per heavy atom. The van der Waals surface area contributed by atoms with Gasteiger partial charge < -0.3 is 10.2 Å². The van der Waals surface area contributed by atoms with E-state index >= 15 is 0 Å². The maximum absolute atomic E-state index is 12.3. The molecule has 1 aromatic carbocycles. The zero-order valence-corrected chi connectivity index (χ0v) is 16.3. The molecule has 6 nitrogen and oxygen atoms in total. The molecule has 2 heterocycles. The second-order valence-electron chi connectivity index (χ2n) is 6.88. The number of nitrogens with one attached hydrogen (secondary N) is 1. The lowest BCUT2D eigenvalue weighted by Crippen LogP contribution is -2.25. The van der Waals surface area contributed by atoms with Crippen LogP contribution in [0.3, 0.4) is 0 Å². The van der Waals surface area contributed by atoms with E-state index in [2.05, 4.69) is 34.3 Å². The average molecular weight is 365 g/mol. The molecule has 0 unspecified atom stereocenters. The van der Waals surface area contributed by atoms with Gasteiger partial charge in [0, 0.05) is 18.4 Å². The molecule has 0 radical (unpaired) electrons. The Morgan fingerprint density at radius 1 is 1.22 bits per heavy atom. The molecule has 1 amide bonds. The number of aromatic nitrogens is 3. The maximum Gasteiger partial charge on any atom is 0.225 e. The monoisotopic (exact) mass is 365 g/mol. The predicted molar refractivity (Wildman–Crippen MR) is 109 cm³/mol. The molecule has 0 bridgehead atoms. The van der Waals surface area contributed by atoms with E-state index in [0.717, 1.165) is 48.3 Å². The fraction of sp³-hybridized carbons (Fsp3) is 0.381. The number of amides is 1. The van der Waals surface area contributed by atoms with E-state index in [9.17, 15) is 4.79 Å². The summed E-state index contributed by atoms with van der Waals surface area (Å²) in [4.78, 5) is 19.0. The third kappa shape index (κ3) is 4.71. The Labute approximate surface area is 160 Å². The number of aryl methyl sites for hydroxylation is 1. The van der Waals surface area contributed by atoms with Crippen molar-refractivity contribution in [3.8, 4) is 5.69 Å². The molecule has 0 fully saturated rings. The Kier molecular flexibility index (Phi) is 6.19. The molecule has 0 aliphatic rings. The summed E-state index contributed by atoms with van der Waals surface area (Å²) in [6, 6.07) is 11.9. The Hall–Kier alpha value is -2.73. The fourth-order valence-corrected chi connectivity index (χ4v) is 3.02. The first kappa shape index (κ1) is 19.0. The van der Waals surface area contributed by atoms with Gasteiger partial charge in [0.2, 0.25) is 5.91 Å². The van der Waals surface area contributed by atoms with Crippen LogP contribution in [0, 0.1) is 6.92 Å². The molecule has 0 spiro atoms. The minimum Gasteiger partial charge on any atom is -0.325 e. The largest absolute Gasteiger partial charge is 0.325 e. The van der Waals surface area contributed by atoms with Crippen molar-refractivity contribution < 1.29 is 4.79 Å². The molecule has 0 saturated carbocycles. The number of para-hydroxylation sites is 1. The highest BCUT2D eigenvalue weighted by molar-refractivity contribution is 5.93. The number of nitrogens with zero attached hydrogens (tertiary/aromatic N) is 4. The van der Waals surface area contributed by atoms with E-state index < -0.39 is 0 Å². The minimum atomic E-state index is 0.00704. The molecule has 6 heteroatoms. The summed E-state index contributed by atoms with van der Waals surface area (Å²) in [7, 11) is 2.05. The molecular formula is C21H27N5O. The molecule has 1 N–H and O–H groups in total. The average Bonchev–Trinajstić information content (AvgIpc) is 3.01. The molecule has 142 valence electrons. The van der Waals surface area contributed by atoms with Crippen LogP contribution in [0.5, 0.6) is 0 Å². The van der Waals surface area contributed by atoms with Gasteiger partial charge in [-0.1, -0.05) is 31.5 Å². The van der Waals surface area contributed by atoms with Gasteiger partial charge >= 0.3 is 0 Å². The predicted octanol–water partition coefficient (Wildman–Crippen LogP) is 3.79. The number of pyridine rings is 1. The van der Waals surface area contributed by atoms with Crippen molar-refractivity contribution in [1.82, 2.24) is 19.7 Å². The highest BCUT2D eigenvalue weighted by atomic mass is 16.1. The van der Waals surface area contributed by atoms with Gasteiger partial charge in [-0.15, -0.1) is 0 Å². The number of anilines is 1. The van der Waals surface area contributed by atoms with Crippen LogP contribution in [-0.2, 0) is 4.79 Å². The summed E-state index contributed by atoms with van der Waals surface area (Å²) in [6.45, 7) is 5.91. The van der Waals surface area contributed by atoms with Crippen LogP contribution in [0.25, 0.3) is 16.7 Å². The highest BCUT2D eigenvalue weighted by Crippen LogP contribution is 2.22. The molecule has 0 saturated heterocycles. The lowest BCUT2D eigenvalue weighted by Gasteiger charge is -2.15. The lowest BCUT2D eigenvalue weighted by atomic mass is 10.2. The number of carbonyl (C=O) groups is 1. The van der Waals surface area contributed by atoms with Crippen LogP contribution >= 0.6 is 0 Å². The third-order valence-corrected chi connectivity index (χ3v) is 4.61. The number of benzene rings is 1. The lowest BCUT2D eigenvalue weighted by molar-refractivity contribution is -0.116. The van der Waals surface area contributed by atoms with Gasteiger partial charge in [0.25, 0.3) is 0 Å². The number of hydrogen-bond acceptors (Lipinski definition) is 4. The number of fused-ring (bicyclic) bond motifs is 1. The quantitative estimate of drug-likeness (QED) is 0.660. The molecule has 27 heavy (non-hydrogen) atoms. The smallest absolute Gasteiger partial charge is 0.225 e. The molecule has 2 aromatic heterocycles. The number of rotatable bonds is 8. The molecule has 0 atom stereocenters. The summed E-state index contributed by atoms with van der Waals surface area (Å²) in [5.41, 5.74) is 3.35. The number of unbranched alkanes of at least 4 members (excludes halogenated alkanes) is 1. The van der Waals surface area contributed by atoms with Crippen LogP contribution in [-0.4, -0.2) is 45.7 Å². The molecule has 0 aliphatic carbocycles. The van der Waals surface area contributed by atoms with Gasteiger partial charge in [0.15, 0.2) is 5.65 Å². The zero-order valence-electron chi connectivity index (χ0n) is 16.3. The SMILES string of the molecule is CCCCN(C)CCC(=O)Nc1cnc2c(c1)c(C)nn2-c1ccccc1. The Morgan fingerprint density at radius 2 is 2.00 bits per heavy atom. The summed E-state index contributed by atoms with van der Waals surface area (Å²) >= 11 is 0. The van der Waals surface area contributed by atoms with E-state index in [-0.39, 0.29) is 5.91 Å². The first-order valence-corrected chi connectivity index (χ1v) is 9.47. The topological polar surface area (TPSA) is 63.1 Å². The van der Waals surface area contributed by atoms with Crippen molar-refractivity contribution in [3.05, 3.63) is 48.3 Å². The Bertz CT molecular complexity index is 904. The first-order chi connectivity index (χ1) is 13.1. The highest BCUT2D eigenvalue weighted by Gasteiger charge is 2.12. The van der Waals surface area contributed by atoms with Gasteiger partial charge in [0.1, 0.15) is 0 Å². The van der Waals surface area contributed by atoms with E-state index in [1.165, 1.54) is 0 Å². The van der Waals surface area contributed by atoms with E-state index in [1.807, 2.05) is 48.0 Å². The number of hydrogen-bond donors (Lipinski definition) is 1. The van der Waals surface area contributed by atoms with Crippen molar-refractivity contribution in [1.29, 1.82) is 0 Å². The fourth-order valence-electron chi connectivity index (χ4n) is 3.02. The van der Waals surface area contributed by atoms with Crippen LogP contribution in [0.15, 0.2) is 42.6 Å². The standard InChI is InChI=1S/C21H27N5O/c1-4-5-12-25(3)13-11-20(27)23-17-14-19-16(2)24-26(21(19)22-15-17)18-9-7-6-8-10-18/h6-10,14-15H,4-5,11-13H2,1-3H3,(H,23,27). The first-order valence-electron chi connectivity index (χ1n) is 9.47. The van der Waals surface area contributed by atoms with Crippen molar-refractivity contribution in [3.63, 3.8) is 0 Å². The Balaban J connectivity index is 1.70. The van der Waals surface area contributed by atoms with Crippen LogP contribution < -0.4 is 5.32 Å². The van der Waals surface area contributed by atoms with E-state index in [4.69, 9.17) is 0 Å². The van der Waals surface area contributed by atoms with Gasteiger partial charge in [0.05, 0.1) is 23.3 Å². The van der Waals surface area contributed by atoms with E-state index in [1.54, 1.807) is 6.20 Å². The molecular weight excluding hydrogens is 338 g/mol. The van der Waals surface area contributed by atoms with Crippen LogP contribution in [0.2, 0.25) is 0 Å². The molecule has 3 rings (SSSR count). The second-order valence-corrected chi connectivity index (χ2v) is 6.88.